The van der Waals surface area contributed by atoms with E-state index < -0.39 is 34.9 Å². The normalized spacial score (nSPS) is 16.7. The third-order valence-corrected chi connectivity index (χ3v) is 8.90. The fraction of sp³-hybridized carbons (Fsp3) is 0.189. The van der Waals surface area contributed by atoms with Crippen LogP contribution in [0.15, 0.2) is 109 Å². The zero-order valence-corrected chi connectivity index (χ0v) is 25.2. The Morgan fingerprint density at radius 1 is 0.809 bits per heavy atom. The van der Waals surface area contributed by atoms with E-state index in [-0.39, 0.29) is 40.7 Å². The summed E-state index contributed by atoms with van der Waals surface area (Å²) in [5.74, 6) is -4.28. The molecule has 1 saturated carbocycles. The van der Waals surface area contributed by atoms with Crippen molar-refractivity contribution in [1.29, 1.82) is 0 Å². The Bertz CT molecular complexity index is 1960. The number of carboxylic acid groups (broad SMARTS) is 1. The highest BCUT2D eigenvalue weighted by atomic mass is 19.1. The van der Waals surface area contributed by atoms with Gasteiger partial charge in [-0.3, -0.25) is 4.79 Å². The lowest BCUT2D eigenvalue weighted by Gasteiger charge is -2.36. The summed E-state index contributed by atoms with van der Waals surface area (Å²) in [5, 5.41) is 17.7. The number of aromatic nitrogens is 4. The van der Waals surface area contributed by atoms with Gasteiger partial charge in [0.2, 0.25) is 0 Å². The molecule has 3 aromatic carbocycles. The molecular weight excluding hydrogens is 603 g/mol. The zero-order chi connectivity index (χ0) is 32.5. The highest BCUT2D eigenvalue weighted by Crippen LogP contribution is 2.44. The van der Waals surface area contributed by atoms with Crippen LogP contribution in [0.1, 0.15) is 42.4 Å². The van der Waals surface area contributed by atoms with E-state index in [9.17, 15) is 14.3 Å². The van der Waals surface area contributed by atoms with Gasteiger partial charge in [-0.2, -0.15) is 5.10 Å². The minimum absolute atomic E-state index is 0.0215. The first-order chi connectivity index (χ1) is 22.9. The minimum Gasteiger partial charge on any atom is -0.481 e. The monoisotopic (exact) mass is 633 g/mol. The molecule has 236 valence electrons. The number of hydrogen-bond acceptors (Lipinski definition) is 5. The Kier molecular flexibility index (Phi) is 7.93. The number of carboxylic acids is 1. The van der Waals surface area contributed by atoms with Gasteiger partial charge in [0.25, 0.3) is 0 Å². The first kappa shape index (κ1) is 30.2. The van der Waals surface area contributed by atoms with Gasteiger partial charge in [0, 0.05) is 12.1 Å². The number of rotatable bonds is 8. The van der Waals surface area contributed by atoms with Crippen LogP contribution in [0.2, 0.25) is 0 Å². The maximum absolute atomic E-state index is 15.8. The number of benzene rings is 3. The molecule has 0 amide bonds. The van der Waals surface area contributed by atoms with Gasteiger partial charge in [-0.05, 0) is 42.0 Å². The third-order valence-electron chi connectivity index (χ3n) is 8.90. The molecule has 7 rings (SSSR count). The Balaban J connectivity index is 1.47. The Morgan fingerprint density at radius 3 is 1.98 bits per heavy atom. The number of halogens is 3. The molecule has 0 radical (unpaired) electrons. The van der Waals surface area contributed by atoms with E-state index in [4.69, 9.17) is 5.10 Å². The second-order valence-corrected chi connectivity index (χ2v) is 11.8. The molecule has 0 bridgehead atoms. The van der Waals surface area contributed by atoms with Crippen molar-refractivity contribution in [2.45, 2.75) is 37.3 Å². The highest BCUT2D eigenvalue weighted by Gasteiger charge is 2.42. The van der Waals surface area contributed by atoms with Crippen LogP contribution in [-0.4, -0.2) is 36.9 Å². The topological polar surface area (TPSA) is 92.9 Å². The summed E-state index contributed by atoms with van der Waals surface area (Å²) in [6, 6.07) is 30.5. The molecule has 6 aromatic rings. The molecule has 3 heterocycles. The van der Waals surface area contributed by atoms with Crippen LogP contribution in [0.5, 0.6) is 0 Å². The summed E-state index contributed by atoms with van der Waals surface area (Å²) in [7, 11) is 0. The summed E-state index contributed by atoms with van der Waals surface area (Å²) in [6.07, 6.45) is 3.15. The van der Waals surface area contributed by atoms with Crippen molar-refractivity contribution in [2.75, 3.05) is 5.32 Å². The quantitative estimate of drug-likeness (QED) is 0.166. The van der Waals surface area contributed by atoms with E-state index in [1.165, 1.54) is 6.07 Å². The predicted molar refractivity (Wildman–Crippen MR) is 172 cm³/mol. The van der Waals surface area contributed by atoms with E-state index in [0.29, 0.717) is 19.3 Å². The van der Waals surface area contributed by atoms with Crippen molar-refractivity contribution in [1.82, 2.24) is 19.7 Å². The van der Waals surface area contributed by atoms with Crippen molar-refractivity contribution in [3.05, 3.63) is 143 Å². The van der Waals surface area contributed by atoms with Crippen LogP contribution in [0.4, 0.5) is 19.0 Å². The molecule has 0 spiro atoms. The van der Waals surface area contributed by atoms with Crippen LogP contribution in [0.25, 0.3) is 22.4 Å². The van der Waals surface area contributed by atoms with E-state index in [0.717, 1.165) is 29.0 Å². The first-order valence-electron chi connectivity index (χ1n) is 15.4. The lowest BCUT2D eigenvalue weighted by Crippen LogP contribution is -2.38. The van der Waals surface area contributed by atoms with Gasteiger partial charge >= 0.3 is 5.97 Å². The van der Waals surface area contributed by atoms with E-state index in [2.05, 4.69) is 15.3 Å². The molecule has 2 atom stereocenters. The lowest BCUT2D eigenvalue weighted by atomic mass is 9.77. The van der Waals surface area contributed by atoms with Gasteiger partial charge in [0.15, 0.2) is 23.1 Å². The van der Waals surface area contributed by atoms with Crippen LogP contribution in [-0.2, 0) is 10.3 Å². The SMILES string of the molecule is O=C(O)C1CCCC(Nc2nc(-c3nn(C(c4ccccc4)(c4ccccc4)c4ccccc4)c4ncc(F)cc34)c(F)cc2F)C1. The molecule has 3 aromatic heterocycles. The highest BCUT2D eigenvalue weighted by molar-refractivity contribution is 5.91. The van der Waals surface area contributed by atoms with Gasteiger partial charge in [-0.1, -0.05) is 97.4 Å². The second-order valence-electron chi connectivity index (χ2n) is 11.8. The summed E-state index contributed by atoms with van der Waals surface area (Å²) < 4.78 is 47.6. The molecule has 0 saturated heterocycles. The summed E-state index contributed by atoms with van der Waals surface area (Å²) in [4.78, 5) is 20.5. The fourth-order valence-corrected chi connectivity index (χ4v) is 6.76. The smallest absolute Gasteiger partial charge is 0.306 e. The van der Waals surface area contributed by atoms with Crippen LogP contribution in [0.3, 0.4) is 0 Å². The van der Waals surface area contributed by atoms with E-state index in [1.807, 2.05) is 91.0 Å². The summed E-state index contributed by atoms with van der Waals surface area (Å²) in [6.45, 7) is 0. The molecule has 1 fully saturated rings. The number of aliphatic carboxylic acids is 1. The number of carbonyl (C=O) groups is 1. The van der Waals surface area contributed by atoms with Crippen molar-refractivity contribution in [3.63, 3.8) is 0 Å². The summed E-state index contributed by atoms with van der Waals surface area (Å²) >= 11 is 0. The lowest BCUT2D eigenvalue weighted by molar-refractivity contribution is -0.142. The van der Waals surface area contributed by atoms with Crippen LogP contribution in [0, 0.1) is 23.4 Å². The molecule has 1 aliphatic rings. The van der Waals surface area contributed by atoms with Gasteiger partial charge in [0.05, 0.1) is 17.5 Å². The molecule has 0 aliphatic heterocycles. The molecular formula is C37H30F3N5O2. The number of pyridine rings is 2. The molecule has 1 aliphatic carbocycles. The van der Waals surface area contributed by atoms with Crippen LogP contribution < -0.4 is 5.32 Å². The van der Waals surface area contributed by atoms with Crippen molar-refractivity contribution < 1.29 is 23.1 Å². The molecule has 2 N–H and O–H groups in total. The Hall–Kier alpha value is -5.51. The molecule has 10 heteroatoms. The van der Waals surface area contributed by atoms with E-state index >= 15 is 8.78 Å². The molecule has 7 nitrogen and oxygen atoms in total. The van der Waals surface area contributed by atoms with Gasteiger partial charge < -0.3 is 10.4 Å². The predicted octanol–water partition coefficient (Wildman–Crippen LogP) is 7.81. The van der Waals surface area contributed by atoms with Crippen molar-refractivity contribution >= 4 is 22.8 Å². The first-order valence-corrected chi connectivity index (χ1v) is 15.4. The maximum atomic E-state index is 15.8. The van der Waals surface area contributed by atoms with Gasteiger partial charge in [-0.15, -0.1) is 0 Å². The Morgan fingerprint density at radius 2 is 1.40 bits per heavy atom. The standard InChI is InChI=1S/C37H30F3N5O2/c38-27-20-29-32(33-30(39)21-31(40)34(43-33)42-28-18-10-11-23(19-28)36(46)47)44-45(35(29)41-22-27)37(24-12-4-1-5-13-24,25-14-6-2-7-15-25)26-16-8-3-9-17-26/h1-9,12-17,20-23,28H,10-11,18-19H2,(H,42,43)(H,46,47). The minimum atomic E-state index is -1.16. The van der Waals surface area contributed by atoms with Gasteiger partial charge in [-0.25, -0.2) is 27.8 Å². The van der Waals surface area contributed by atoms with Crippen molar-refractivity contribution in [3.8, 4) is 11.4 Å². The van der Waals surface area contributed by atoms with Crippen LogP contribution >= 0.6 is 0 Å². The van der Waals surface area contributed by atoms with Gasteiger partial charge in [0.1, 0.15) is 22.7 Å². The average molecular weight is 634 g/mol. The number of fused-ring (bicyclic) bond motifs is 1. The number of hydrogen-bond donors (Lipinski definition) is 2. The average Bonchev–Trinajstić information content (AvgIpc) is 3.46. The zero-order valence-electron chi connectivity index (χ0n) is 25.2. The molecule has 2 unspecified atom stereocenters. The number of nitrogens with one attached hydrogen (secondary N) is 1. The molecule has 47 heavy (non-hydrogen) atoms. The fourth-order valence-electron chi connectivity index (χ4n) is 6.76. The second kappa shape index (κ2) is 12.4. The Labute approximate surface area is 268 Å². The third kappa shape index (κ3) is 5.39. The largest absolute Gasteiger partial charge is 0.481 e. The summed E-state index contributed by atoms with van der Waals surface area (Å²) in [5.41, 5.74) is 1.25. The number of anilines is 1. The van der Waals surface area contributed by atoms with Crippen molar-refractivity contribution in [2.24, 2.45) is 5.92 Å². The maximum Gasteiger partial charge on any atom is 0.306 e. The van der Waals surface area contributed by atoms with E-state index in [1.54, 1.807) is 4.68 Å². The number of nitrogens with zero attached hydrogens (tertiary/aromatic N) is 4.